The number of nitrogens with zero attached hydrogens (tertiary/aromatic N) is 1. The molecule has 20 heavy (non-hydrogen) atoms. The van der Waals surface area contributed by atoms with E-state index < -0.39 is 0 Å². The average Bonchev–Trinajstić information content (AvgIpc) is 2.75. The second-order valence-corrected chi connectivity index (χ2v) is 6.11. The fourth-order valence-electron chi connectivity index (χ4n) is 1.96. The van der Waals surface area contributed by atoms with E-state index in [-0.39, 0.29) is 5.76 Å². The first-order chi connectivity index (χ1) is 9.66. The van der Waals surface area contributed by atoms with Gasteiger partial charge in [0.1, 0.15) is 3.70 Å². The predicted octanol–water partition coefficient (Wildman–Crippen LogP) is 4.46. The number of rotatable bonds is 2. The molecule has 100 valence electrons. The van der Waals surface area contributed by atoms with E-state index in [0.717, 1.165) is 19.4 Å². The van der Waals surface area contributed by atoms with Crippen molar-refractivity contribution in [3.05, 3.63) is 73.3 Å². The van der Waals surface area contributed by atoms with E-state index in [1.54, 1.807) is 4.57 Å². The highest BCUT2D eigenvalue weighted by molar-refractivity contribution is 14.1. The van der Waals surface area contributed by atoms with E-state index in [4.69, 9.17) is 4.42 Å². The van der Waals surface area contributed by atoms with Gasteiger partial charge in [0.25, 0.3) is 0 Å². The van der Waals surface area contributed by atoms with Gasteiger partial charge in [0.2, 0.25) is 0 Å². The zero-order valence-electron chi connectivity index (χ0n) is 10.2. The monoisotopic (exact) mass is 441 g/mol. The highest BCUT2D eigenvalue weighted by Crippen LogP contribution is 2.26. The molecule has 0 fully saturated rings. The molecule has 0 saturated heterocycles. The minimum Gasteiger partial charge on any atom is -0.406 e. The summed E-state index contributed by atoms with van der Waals surface area (Å²) in [5.74, 6) is 0.211. The smallest absolute Gasteiger partial charge is 0.406 e. The lowest BCUT2D eigenvalue weighted by atomic mass is 10.2. The van der Waals surface area contributed by atoms with Crippen LogP contribution in [0, 0.1) is 3.70 Å². The molecule has 3 nitrogen and oxygen atoms in total. The van der Waals surface area contributed by atoms with Crippen LogP contribution in [0.3, 0.4) is 0 Å². The van der Waals surface area contributed by atoms with Crippen molar-refractivity contribution in [2.45, 2.75) is 0 Å². The number of oxazole rings is 1. The van der Waals surface area contributed by atoms with E-state index >= 15 is 0 Å². The fraction of sp³-hybridized carbons (Fsp3) is 0. The van der Waals surface area contributed by atoms with Gasteiger partial charge >= 0.3 is 5.76 Å². The maximum Gasteiger partial charge on any atom is 0.425 e. The van der Waals surface area contributed by atoms with Crippen LogP contribution in [0.4, 0.5) is 0 Å². The summed E-state index contributed by atoms with van der Waals surface area (Å²) in [4.78, 5) is 12.1. The Bertz CT molecular complexity index is 808. The third-order valence-electron chi connectivity index (χ3n) is 2.86. The number of halogens is 2. The van der Waals surface area contributed by atoms with Gasteiger partial charge < -0.3 is 4.42 Å². The molecule has 0 spiro atoms. The maximum atomic E-state index is 12.1. The van der Waals surface area contributed by atoms with Crippen molar-refractivity contribution in [1.29, 1.82) is 0 Å². The minimum absolute atomic E-state index is 0.383. The summed E-state index contributed by atoms with van der Waals surface area (Å²) in [5.41, 5.74) is 1.67. The predicted molar refractivity (Wildman–Crippen MR) is 90.2 cm³/mol. The highest BCUT2D eigenvalue weighted by Gasteiger charge is 2.17. The summed E-state index contributed by atoms with van der Waals surface area (Å²) in [6.45, 7) is 0. The largest absolute Gasteiger partial charge is 0.425 e. The van der Waals surface area contributed by atoms with Crippen molar-refractivity contribution < 1.29 is 4.42 Å². The first-order valence-corrected chi connectivity index (χ1v) is 7.76. The van der Waals surface area contributed by atoms with Gasteiger partial charge in [-0.25, -0.2) is 9.36 Å². The summed E-state index contributed by atoms with van der Waals surface area (Å²) in [5, 5.41) is 0. The standard InChI is InChI=1S/C15H9BrINO2/c16-11-7-4-8-12(9-11)18-14(17)13(20-15(18)19)10-5-2-1-3-6-10/h1-9H. The molecule has 3 rings (SSSR count). The summed E-state index contributed by atoms with van der Waals surface area (Å²) in [6.07, 6.45) is 0. The van der Waals surface area contributed by atoms with Crippen LogP contribution in [0.25, 0.3) is 17.0 Å². The number of hydrogen-bond donors (Lipinski definition) is 0. The second-order valence-electron chi connectivity index (χ2n) is 4.17. The molecule has 0 saturated carbocycles. The molecule has 1 heterocycles. The van der Waals surface area contributed by atoms with E-state index in [9.17, 15) is 4.79 Å². The van der Waals surface area contributed by atoms with Gasteiger partial charge in [0.05, 0.1) is 5.69 Å². The first-order valence-electron chi connectivity index (χ1n) is 5.89. The van der Waals surface area contributed by atoms with Crippen LogP contribution >= 0.6 is 38.5 Å². The van der Waals surface area contributed by atoms with Crippen LogP contribution in [-0.2, 0) is 0 Å². The van der Waals surface area contributed by atoms with Crippen LogP contribution in [0.2, 0.25) is 0 Å². The Morgan fingerprint density at radius 3 is 2.50 bits per heavy atom. The van der Waals surface area contributed by atoms with Crippen molar-refractivity contribution in [1.82, 2.24) is 4.57 Å². The highest BCUT2D eigenvalue weighted by atomic mass is 127. The average molecular weight is 442 g/mol. The van der Waals surface area contributed by atoms with Crippen LogP contribution in [0.1, 0.15) is 0 Å². The first kappa shape index (κ1) is 13.6. The quantitative estimate of drug-likeness (QED) is 0.550. The Hall–Kier alpha value is -1.34. The lowest BCUT2D eigenvalue weighted by molar-refractivity contribution is 0.516. The van der Waals surface area contributed by atoms with Crippen LogP contribution < -0.4 is 5.76 Å². The second kappa shape index (κ2) is 5.57. The molecule has 1 aromatic heterocycles. The fourth-order valence-corrected chi connectivity index (χ4v) is 3.24. The number of benzene rings is 2. The molecule has 0 bridgehead atoms. The Labute approximate surface area is 137 Å². The molecule has 0 aliphatic carbocycles. The molecular formula is C15H9BrINO2. The van der Waals surface area contributed by atoms with Crippen molar-refractivity contribution >= 4 is 38.5 Å². The molecule has 0 radical (unpaired) electrons. The van der Waals surface area contributed by atoms with Crippen molar-refractivity contribution in [3.8, 4) is 17.0 Å². The SMILES string of the molecule is O=c1oc(-c2ccccc2)c(I)n1-c1cccc(Br)c1. The van der Waals surface area contributed by atoms with Gasteiger partial charge in [0.15, 0.2) is 5.76 Å². The van der Waals surface area contributed by atoms with E-state index in [2.05, 4.69) is 38.5 Å². The summed E-state index contributed by atoms with van der Waals surface area (Å²) in [6, 6.07) is 17.2. The third-order valence-corrected chi connectivity index (χ3v) is 4.32. The molecule has 0 N–H and O–H groups in total. The Kier molecular flexibility index (Phi) is 3.80. The van der Waals surface area contributed by atoms with Gasteiger partial charge in [-0.1, -0.05) is 52.3 Å². The van der Waals surface area contributed by atoms with Crippen molar-refractivity contribution in [2.75, 3.05) is 0 Å². The van der Waals surface area contributed by atoms with Gasteiger partial charge in [-0.15, -0.1) is 0 Å². The normalized spacial score (nSPS) is 10.7. The van der Waals surface area contributed by atoms with E-state index in [1.165, 1.54) is 0 Å². The molecule has 0 aliphatic heterocycles. The Morgan fingerprint density at radius 1 is 1.05 bits per heavy atom. The molecule has 2 aromatic carbocycles. The van der Waals surface area contributed by atoms with Crippen LogP contribution in [0.15, 0.2) is 68.3 Å². The van der Waals surface area contributed by atoms with Crippen molar-refractivity contribution in [3.63, 3.8) is 0 Å². The topological polar surface area (TPSA) is 35.1 Å². The lowest BCUT2D eigenvalue weighted by Gasteiger charge is -2.03. The molecule has 0 aliphatic rings. The van der Waals surface area contributed by atoms with Gasteiger partial charge in [0, 0.05) is 10.0 Å². The third kappa shape index (κ3) is 2.47. The Morgan fingerprint density at radius 2 is 1.80 bits per heavy atom. The molecule has 5 heteroatoms. The molecule has 0 atom stereocenters. The zero-order chi connectivity index (χ0) is 14.1. The van der Waals surface area contributed by atoms with Gasteiger partial charge in [-0.3, -0.25) is 0 Å². The van der Waals surface area contributed by atoms with Gasteiger partial charge in [-0.05, 0) is 40.8 Å². The van der Waals surface area contributed by atoms with Gasteiger partial charge in [-0.2, -0.15) is 0 Å². The number of aromatic nitrogens is 1. The molecule has 0 unspecified atom stereocenters. The minimum atomic E-state index is -0.383. The zero-order valence-corrected chi connectivity index (χ0v) is 14.0. The molecule has 3 aromatic rings. The van der Waals surface area contributed by atoms with Crippen LogP contribution in [-0.4, -0.2) is 4.57 Å². The summed E-state index contributed by atoms with van der Waals surface area (Å²) < 4.78 is 8.65. The van der Waals surface area contributed by atoms with Crippen LogP contribution in [0.5, 0.6) is 0 Å². The van der Waals surface area contributed by atoms with Crippen molar-refractivity contribution in [2.24, 2.45) is 0 Å². The Balaban J connectivity index is 2.20. The lowest BCUT2D eigenvalue weighted by Crippen LogP contribution is -2.13. The summed E-state index contributed by atoms with van der Waals surface area (Å²) >= 11 is 5.55. The van der Waals surface area contributed by atoms with E-state index in [1.807, 2.05) is 54.6 Å². The van der Waals surface area contributed by atoms with E-state index in [0.29, 0.717) is 5.76 Å². The molecule has 0 amide bonds. The summed E-state index contributed by atoms with van der Waals surface area (Å²) in [7, 11) is 0. The number of hydrogen-bond acceptors (Lipinski definition) is 2. The molecular weight excluding hydrogens is 433 g/mol. The maximum absolute atomic E-state index is 12.1.